The molecule has 4 atom stereocenters. The van der Waals surface area contributed by atoms with Gasteiger partial charge in [-0.3, -0.25) is 9.59 Å². The van der Waals surface area contributed by atoms with Gasteiger partial charge in [0.05, 0.1) is 29.0 Å². The molecular formula is C29H25F2N7O3. The number of aromatic nitrogens is 4. The molecule has 208 valence electrons. The lowest BCUT2D eigenvalue weighted by molar-refractivity contribution is -0.126. The first-order chi connectivity index (χ1) is 19.9. The molecule has 9 rings (SSSR count). The maximum Gasteiger partial charge on any atom is 0.387 e. The van der Waals surface area contributed by atoms with Crippen LogP contribution in [0.1, 0.15) is 53.1 Å². The van der Waals surface area contributed by atoms with Crippen LogP contribution in [0.3, 0.4) is 0 Å². The average molecular weight is 558 g/mol. The molecule has 2 N–H and O–H groups in total. The number of imidazole rings is 1. The summed E-state index contributed by atoms with van der Waals surface area (Å²) in [7, 11) is 0. The molecule has 10 nitrogen and oxygen atoms in total. The van der Waals surface area contributed by atoms with Gasteiger partial charge >= 0.3 is 6.61 Å². The Morgan fingerprint density at radius 3 is 2.66 bits per heavy atom. The fourth-order valence-corrected chi connectivity index (χ4v) is 6.83. The summed E-state index contributed by atoms with van der Waals surface area (Å²) in [5.41, 5.74) is 3.99. The van der Waals surface area contributed by atoms with Crippen molar-refractivity contribution in [2.45, 2.75) is 44.0 Å². The number of benzene rings is 2. The zero-order valence-corrected chi connectivity index (χ0v) is 21.8. The van der Waals surface area contributed by atoms with Crippen LogP contribution in [0.5, 0.6) is 5.75 Å². The molecule has 4 bridgehead atoms. The van der Waals surface area contributed by atoms with E-state index in [0.717, 1.165) is 35.0 Å². The minimum absolute atomic E-state index is 0.00741. The van der Waals surface area contributed by atoms with E-state index in [4.69, 9.17) is 9.72 Å². The Bertz CT molecular complexity index is 1720. The van der Waals surface area contributed by atoms with Crippen LogP contribution in [-0.2, 0) is 4.79 Å². The molecule has 2 unspecified atom stereocenters. The van der Waals surface area contributed by atoms with E-state index in [1.54, 1.807) is 24.5 Å². The second-order valence-electron chi connectivity index (χ2n) is 11.1. The van der Waals surface area contributed by atoms with E-state index in [9.17, 15) is 18.4 Å². The number of nitrogens with zero attached hydrogens (tertiary/aromatic N) is 5. The molecule has 3 saturated heterocycles. The Kier molecular flexibility index (Phi) is 5.28. The van der Waals surface area contributed by atoms with E-state index >= 15 is 0 Å². The van der Waals surface area contributed by atoms with Crippen LogP contribution in [0.25, 0.3) is 22.2 Å². The Labute approximate surface area is 232 Å². The highest BCUT2D eigenvalue weighted by atomic mass is 19.3. The molecule has 0 spiro atoms. The number of ether oxygens (including phenoxy) is 1. The van der Waals surface area contributed by atoms with Gasteiger partial charge in [0.2, 0.25) is 11.9 Å². The SMILES string of the molecule is O=C1N[C@@H]2C[C@H](c3c(OC(F)F)cccc31)n1c2nc2ccc(-c3cnc(N4CC5CCC(C4)C(=O)N5)nc3)cc21. The number of nitrogens with one attached hydrogen (secondary N) is 2. The lowest BCUT2D eigenvalue weighted by atomic mass is 9.96. The minimum Gasteiger partial charge on any atom is -0.434 e. The lowest BCUT2D eigenvalue weighted by Gasteiger charge is -2.22. The Morgan fingerprint density at radius 2 is 1.85 bits per heavy atom. The van der Waals surface area contributed by atoms with E-state index in [-0.39, 0.29) is 35.6 Å². The maximum atomic E-state index is 13.3. The van der Waals surface area contributed by atoms with Gasteiger partial charge in [0.1, 0.15) is 11.6 Å². The fraction of sp³-hybridized carbons (Fsp3) is 0.345. The summed E-state index contributed by atoms with van der Waals surface area (Å²) in [6, 6.07) is 9.85. The second kappa shape index (κ2) is 8.95. The van der Waals surface area contributed by atoms with E-state index in [1.807, 2.05) is 22.8 Å². The Hall–Kier alpha value is -4.61. The predicted octanol–water partition coefficient (Wildman–Crippen LogP) is 3.59. The molecule has 0 saturated carbocycles. The maximum absolute atomic E-state index is 13.3. The monoisotopic (exact) mass is 557 g/mol. The van der Waals surface area contributed by atoms with Crippen LogP contribution >= 0.6 is 0 Å². The highest BCUT2D eigenvalue weighted by Gasteiger charge is 2.42. The van der Waals surface area contributed by atoms with Gasteiger partial charge in [0.15, 0.2) is 0 Å². The summed E-state index contributed by atoms with van der Waals surface area (Å²) >= 11 is 0. The van der Waals surface area contributed by atoms with Crippen LogP contribution in [0.4, 0.5) is 14.7 Å². The molecule has 5 aliphatic rings. The molecule has 2 amide bonds. The molecule has 4 aromatic rings. The first-order valence-electron chi connectivity index (χ1n) is 13.7. The van der Waals surface area contributed by atoms with Crippen LogP contribution in [0.2, 0.25) is 0 Å². The van der Waals surface area contributed by atoms with Crippen LogP contribution in [0.15, 0.2) is 48.8 Å². The smallest absolute Gasteiger partial charge is 0.387 e. The first-order valence-corrected chi connectivity index (χ1v) is 13.7. The van der Waals surface area contributed by atoms with Gasteiger partial charge in [-0.15, -0.1) is 0 Å². The van der Waals surface area contributed by atoms with Crippen molar-refractivity contribution in [3.05, 3.63) is 65.7 Å². The summed E-state index contributed by atoms with van der Waals surface area (Å²) < 4.78 is 33.5. The van der Waals surface area contributed by atoms with Gasteiger partial charge < -0.3 is 24.8 Å². The van der Waals surface area contributed by atoms with Crippen molar-refractivity contribution in [3.8, 4) is 16.9 Å². The number of rotatable bonds is 4. The van der Waals surface area contributed by atoms with Gasteiger partial charge in [0, 0.05) is 48.2 Å². The molecular weight excluding hydrogens is 532 g/mol. The molecule has 0 aliphatic carbocycles. The van der Waals surface area contributed by atoms with Crippen molar-refractivity contribution in [3.63, 3.8) is 0 Å². The van der Waals surface area contributed by atoms with Crippen LogP contribution < -0.4 is 20.3 Å². The van der Waals surface area contributed by atoms with Crippen LogP contribution in [-0.4, -0.2) is 57.1 Å². The number of hydrogen-bond donors (Lipinski definition) is 2. The van der Waals surface area contributed by atoms with Gasteiger partial charge in [-0.05, 0) is 49.1 Å². The Morgan fingerprint density at radius 1 is 1.00 bits per heavy atom. The lowest BCUT2D eigenvalue weighted by Crippen LogP contribution is -2.43. The minimum atomic E-state index is -3.01. The van der Waals surface area contributed by atoms with E-state index in [2.05, 4.69) is 25.5 Å². The molecule has 2 aromatic carbocycles. The van der Waals surface area contributed by atoms with E-state index in [0.29, 0.717) is 42.4 Å². The van der Waals surface area contributed by atoms with Crippen molar-refractivity contribution in [2.24, 2.45) is 5.92 Å². The second-order valence-corrected chi connectivity index (χ2v) is 11.1. The van der Waals surface area contributed by atoms with Gasteiger partial charge in [0.25, 0.3) is 5.91 Å². The third kappa shape index (κ3) is 3.84. The van der Waals surface area contributed by atoms with Crippen molar-refractivity contribution < 1.29 is 23.1 Å². The van der Waals surface area contributed by atoms with Crippen molar-refractivity contribution in [2.75, 3.05) is 18.0 Å². The van der Waals surface area contributed by atoms with Gasteiger partial charge in [-0.2, -0.15) is 8.78 Å². The largest absolute Gasteiger partial charge is 0.434 e. The number of halogens is 2. The molecule has 12 heteroatoms. The summed E-state index contributed by atoms with van der Waals surface area (Å²) in [6.07, 6.45) is 5.89. The number of alkyl halides is 2. The van der Waals surface area contributed by atoms with E-state index in [1.165, 1.54) is 6.07 Å². The number of fused-ring (bicyclic) bond motifs is 13. The standard InChI is InChI=1S/C29H25F2N7O3/c30-28(31)41-23-3-1-2-18-24(23)22-9-20(36-27(18)40)25-35-19-7-5-14(8-21(19)38(22)25)16-10-32-29(33-11-16)37-12-15-4-6-17(13-37)34-26(15)39/h1-3,5,7-8,10-11,15,17,20,22,28H,4,6,9,12-13H2,(H,34,39)(H,36,40)/t15?,17?,20-,22-/m1/s1. The van der Waals surface area contributed by atoms with E-state index < -0.39 is 12.7 Å². The van der Waals surface area contributed by atoms with Crippen molar-refractivity contribution in [1.29, 1.82) is 0 Å². The summed E-state index contributed by atoms with van der Waals surface area (Å²) in [4.78, 5) is 41.4. The Balaban J connectivity index is 1.16. The zero-order valence-electron chi connectivity index (χ0n) is 21.8. The molecule has 7 heterocycles. The number of anilines is 1. The van der Waals surface area contributed by atoms with Crippen molar-refractivity contribution >= 4 is 28.8 Å². The summed E-state index contributed by atoms with van der Waals surface area (Å²) in [5.74, 6) is 0.995. The number of piperidine rings is 1. The molecule has 41 heavy (non-hydrogen) atoms. The number of hydrogen-bond acceptors (Lipinski definition) is 7. The summed E-state index contributed by atoms with van der Waals surface area (Å²) in [6.45, 7) is -1.72. The summed E-state index contributed by atoms with van der Waals surface area (Å²) in [5, 5.41) is 6.09. The fourth-order valence-electron chi connectivity index (χ4n) is 6.83. The molecule has 0 radical (unpaired) electrons. The third-order valence-electron chi connectivity index (χ3n) is 8.68. The third-order valence-corrected chi connectivity index (χ3v) is 8.68. The predicted molar refractivity (Wildman–Crippen MR) is 144 cm³/mol. The molecule has 2 aromatic heterocycles. The quantitative estimate of drug-likeness (QED) is 0.394. The average Bonchev–Trinajstić information content (AvgIpc) is 3.28. The highest BCUT2D eigenvalue weighted by Crippen LogP contribution is 2.47. The van der Waals surface area contributed by atoms with Gasteiger partial charge in [-0.1, -0.05) is 12.1 Å². The van der Waals surface area contributed by atoms with Crippen LogP contribution in [0, 0.1) is 5.92 Å². The number of carbonyl (C=O) groups excluding carboxylic acids is 2. The molecule has 3 fully saturated rings. The number of carbonyl (C=O) groups is 2. The number of amides is 2. The first kappa shape index (κ1) is 24.2. The topological polar surface area (TPSA) is 114 Å². The zero-order chi connectivity index (χ0) is 27.8. The highest BCUT2D eigenvalue weighted by molar-refractivity contribution is 5.98. The molecule has 5 aliphatic heterocycles. The van der Waals surface area contributed by atoms with Crippen molar-refractivity contribution in [1.82, 2.24) is 30.2 Å². The normalized spacial score (nSPS) is 24.5. The van der Waals surface area contributed by atoms with Gasteiger partial charge in [-0.25, -0.2) is 15.0 Å².